The molecule has 0 saturated heterocycles. The fraction of sp³-hybridized carbons (Fsp3) is 0.105. The Kier molecular flexibility index (Phi) is 5.74. The van der Waals surface area contributed by atoms with Crippen molar-refractivity contribution in [2.45, 2.75) is 6.42 Å². The fourth-order valence-electron chi connectivity index (χ4n) is 2.24. The van der Waals surface area contributed by atoms with E-state index in [9.17, 15) is 4.79 Å². The summed E-state index contributed by atoms with van der Waals surface area (Å²) in [6, 6.07) is 17.7. The van der Waals surface area contributed by atoms with Crippen LogP contribution >= 0.6 is 15.9 Å². The van der Waals surface area contributed by atoms with E-state index in [0.717, 1.165) is 16.6 Å². The first-order valence-electron chi connectivity index (χ1n) is 7.87. The van der Waals surface area contributed by atoms with Crippen LogP contribution in [-0.2, 0) is 6.42 Å². The van der Waals surface area contributed by atoms with Gasteiger partial charge in [-0.15, -0.1) is 0 Å². The molecule has 0 atom stereocenters. The molecular formula is C19H17BrN4O. The maximum absolute atomic E-state index is 12.1. The number of rotatable bonds is 6. The molecular weight excluding hydrogens is 380 g/mol. The van der Waals surface area contributed by atoms with Gasteiger partial charge in [-0.2, -0.15) is 0 Å². The van der Waals surface area contributed by atoms with Crippen LogP contribution in [0.4, 0.5) is 11.6 Å². The molecule has 0 aliphatic rings. The summed E-state index contributed by atoms with van der Waals surface area (Å²) < 4.78 is 1.00. The molecule has 2 aromatic carbocycles. The second-order valence-corrected chi connectivity index (χ2v) is 6.33. The van der Waals surface area contributed by atoms with Gasteiger partial charge in [-0.1, -0.05) is 46.3 Å². The molecule has 6 heteroatoms. The van der Waals surface area contributed by atoms with Gasteiger partial charge in [0.25, 0.3) is 5.91 Å². The minimum atomic E-state index is -0.175. The Balaban J connectivity index is 1.52. The molecule has 0 unspecified atom stereocenters. The molecule has 1 aromatic heterocycles. The summed E-state index contributed by atoms with van der Waals surface area (Å²) in [5.74, 6) is 0.272. The monoisotopic (exact) mass is 396 g/mol. The van der Waals surface area contributed by atoms with Gasteiger partial charge in [0.05, 0.1) is 5.56 Å². The normalized spacial score (nSPS) is 10.3. The zero-order valence-corrected chi connectivity index (χ0v) is 15.0. The van der Waals surface area contributed by atoms with Crippen LogP contribution in [0.15, 0.2) is 71.5 Å². The summed E-state index contributed by atoms with van der Waals surface area (Å²) in [5, 5.41) is 5.97. The maximum atomic E-state index is 12.1. The third-order valence-corrected chi connectivity index (χ3v) is 4.09. The van der Waals surface area contributed by atoms with Gasteiger partial charge in [-0.3, -0.25) is 4.79 Å². The van der Waals surface area contributed by atoms with Crippen molar-refractivity contribution in [2.24, 2.45) is 0 Å². The van der Waals surface area contributed by atoms with Crippen molar-refractivity contribution in [3.8, 4) is 0 Å². The van der Waals surface area contributed by atoms with E-state index in [1.54, 1.807) is 0 Å². The Morgan fingerprint density at radius 3 is 2.32 bits per heavy atom. The maximum Gasteiger partial charge on any atom is 0.254 e. The van der Waals surface area contributed by atoms with Crippen molar-refractivity contribution in [3.63, 3.8) is 0 Å². The highest BCUT2D eigenvalue weighted by molar-refractivity contribution is 9.10. The number of benzene rings is 2. The van der Waals surface area contributed by atoms with Crippen LogP contribution in [0.5, 0.6) is 0 Å². The predicted octanol–water partition coefficient (Wildman–Crippen LogP) is 3.96. The van der Waals surface area contributed by atoms with Gasteiger partial charge in [-0.05, 0) is 36.2 Å². The lowest BCUT2D eigenvalue weighted by Crippen LogP contribution is -2.26. The van der Waals surface area contributed by atoms with Crippen molar-refractivity contribution in [3.05, 3.63) is 82.6 Å². The second kappa shape index (κ2) is 8.39. The Bertz CT molecular complexity index is 820. The Morgan fingerprint density at radius 2 is 1.64 bits per heavy atom. The third kappa shape index (κ3) is 5.12. The molecule has 0 radical (unpaired) electrons. The largest absolute Gasteiger partial charge is 0.352 e. The van der Waals surface area contributed by atoms with E-state index < -0.39 is 0 Å². The fourth-order valence-corrected chi connectivity index (χ4v) is 2.50. The summed E-state index contributed by atoms with van der Waals surface area (Å²) in [5.41, 5.74) is 2.51. The molecule has 25 heavy (non-hydrogen) atoms. The average Bonchev–Trinajstić information content (AvgIpc) is 2.65. The molecule has 126 valence electrons. The van der Waals surface area contributed by atoms with Gasteiger partial charge in [-0.25, -0.2) is 9.97 Å². The van der Waals surface area contributed by atoms with E-state index in [1.807, 2.05) is 54.6 Å². The lowest BCUT2D eigenvalue weighted by atomic mass is 10.1. The van der Waals surface area contributed by atoms with Crippen LogP contribution < -0.4 is 10.6 Å². The van der Waals surface area contributed by atoms with E-state index in [0.29, 0.717) is 18.1 Å². The average molecular weight is 397 g/mol. The smallest absolute Gasteiger partial charge is 0.254 e. The number of hydrogen-bond donors (Lipinski definition) is 2. The number of hydrogen-bond acceptors (Lipinski definition) is 4. The zero-order valence-electron chi connectivity index (χ0n) is 13.4. The Labute approximate surface area is 154 Å². The summed E-state index contributed by atoms with van der Waals surface area (Å²) in [7, 11) is 0. The molecule has 0 spiro atoms. The number of halogens is 1. The van der Waals surface area contributed by atoms with Crippen LogP contribution in [0.2, 0.25) is 0 Å². The summed E-state index contributed by atoms with van der Waals surface area (Å²) in [6.07, 6.45) is 3.83. The van der Waals surface area contributed by atoms with E-state index >= 15 is 0 Å². The van der Waals surface area contributed by atoms with Crippen LogP contribution in [0.25, 0.3) is 0 Å². The highest BCUT2D eigenvalue weighted by Crippen LogP contribution is 2.16. The lowest BCUT2D eigenvalue weighted by molar-refractivity contribution is 0.0953. The van der Waals surface area contributed by atoms with Crippen molar-refractivity contribution < 1.29 is 4.79 Å². The quantitative estimate of drug-likeness (QED) is 0.661. The number of carbonyl (C=O) groups is 1. The predicted molar refractivity (Wildman–Crippen MR) is 102 cm³/mol. The molecule has 3 rings (SSSR count). The summed E-state index contributed by atoms with van der Waals surface area (Å²) in [6.45, 7) is 0.571. The molecule has 0 bridgehead atoms. The van der Waals surface area contributed by atoms with Gasteiger partial charge in [0.2, 0.25) is 5.95 Å². The highest BCUT2D eigenvalue weighted by atomic mass is 79.9. The molecule has 0 fully saturated rings. The highest BCUT2D eigenvalue weighted by Gasteiger charge is 2.07. The van der Waals surface area contributed by atoms with Crippen molar-refractivity contribution in [2.75, 3.05) is 11.9 Å². The molecule has 0 aliphatic heterocycles. The molecule has 1 amide bonds. The minimum absolute atomic E-state index is 0.175. The molecule has 2 N–H and O–H groups in total. The van der Waals surface area contributed by atoms with Crippen LogP contribution in [0, 0.1) is 0 Å². The molecule has 1 heterocycles. The number of carbonyl (C=O) groups excluding carboxylic acids is 1. The van der Waals surface area contributed by atoms with Crippen LogP contribution in [0.3, 0.4) is 0 Å². The zero-order chi connectivity index (χ0) is 17.5. The minimum Gasteiger partial charge on any atom is -0.352 e. The number of amides is 1. The Hall–Kier alpha value is -2.73. The number of nitrogens with zero attached hydrogens (tertiary/aromatic N) is 2. The third-order valence-electron chi connectivity index (χ3n) is 3.56. The van der Waals surface area contributed by atoms with Gasteiger partial charge in [0, 0.05) is 29.1 Å². The Morgan fingerprint density at radius 1 is 0.960 bits per heavy atom. The van der Waals surface area contributed by atoms with Gasteiger partial charge in [0.15, 0.2) is 0 Å². The number of nitrogens with one attached hydrogen (secondary N) is 2. The number of aromatic nitrogens is 2. The SMILES string of the molecule is O=C(NCCc1ccccc1)c1cnc(Nc2ccc(Br)cc2)nc1. The first-order chi connectivity index (χ1) is 12.2. The molecule has 0 aliphatic carbocycles. The summed E-state index contributed by atoms with van der Waals surface area (Å²) >= 11 is 3.39. The lowest BCUT2D eigenvalue weighted by Gasteiger charge is -2.07. The molecule has 5 nitrogen and oxygen atoms in total. The topological polar surface area (TPSA) is 66.9 Å². The van der Waals surface area contributed by atoms with Gasteiger partial charge >= 0.3 is 0 Å². The summed E-state index contributed by atoms with van der Waals surface area (Å²) in [4.78, 5) is 20.5. The first-order valence-corrected chi connectivity index (χ1v) is 8.67. The van der Waals surface area contributed by atoms with E-state index in [1.165, 1.54) is 18.0 Å². The standard InChI is InChI=1S/C19H17BrN4O/c20-16-6-8-17(9-7-16)24-19-22-12-15(13-23-19)18(25)21-11-10-14-4-2-1-3-5-14/h1-9,12-13H,10-11H2,(H,21,25)(H,22,23,24). The van der Waals surface area contributed by atoms with E-state index in [2.05, 4.69) is 36.5 Å². The van der Waals surface area contributed by atoms with Gasteiger partial charge in [0.1, 0.15) is 0 Å². The van der Waals surface area contributed by atoms with Crippen molar-refractivity contribution in [1.82, 2.24) is 15.3 Å². The van der Waals surface area contributed by atoms with E-state index in [-0.39, 0.29) is 5.91 Å². The van der Waals surface area contributed by atoms with E-state index in [4.69, 9.17) is 0 Å². The number of anilines is 2. The van der Waals surface area contributed by atoms with Crippen LogP contribution in [0.1, 0.15) is 15.9 Å². The second-order valence-electron chi connectivity index (χ2n) is 5.42. The van der Waals surface area contributed by atoms with Crippen LogP contribution in [-0.4, -0.2) is 22.4 Å². The molecule has 3 aromatic rings. The first kappa shape index (κ1) is 17.1. The van der Waals surface area contributed by atoms with Crippen molar-refractivity contribution in [1.29, 1.82) is 0 Å². The molecule has 0 saturated carbocycles. The van der Waals surface area contributed by atoms with Crippen molar-refractivity contribution >= 4 is 33.5 Å². The van der Waals surface area contributed by atoms with Gasteiger partial charge < -0.3 is 10.6 Å².